The smallest absolute Gasteiger partial charge is 0.387 e. The lowest BCUT2D eigenvalue weighted by atomic mass is 10.2. The highest BCUT2D eigenvalue weighted by molar-refractivity contribution is 8.18. The number of rotatable bonds is 10. The van der Waals surface area contributed by atoms with Gasteiger partial charge >= 0.3 is 6.61 Å². The Morgan fingerprint density at radius 3 is 2.72 bits per heavy atom. The van der Waals surface area contributed by atoms with E-state index in [0.717, 1.165) is 16.7 Å². The van der Waals surface area contributed by atoms with Crippen LogP contribution in [-0.4, -0.2) is 51.8 Å². The largest absolute Gasteiger partial charge is 0.435 e. The first kappa shape index (κ1) is 23.4. The fourth-order valence-corrected chi connectivity index (χ4v) is 3.69. The number of thioether (sulfide) groups is 1. The van der Waals surface area contributed by atoms with Crippen molar-refractivity contribution < 1.29 is 32.4 Å². The monoisotopic (exact) mass is 466 g/mol. The molecule has 2 aromatic rings. The molecule has 1 fully saturated rings. The Morgan fingerprint density at radius 2 is 2.06 bits per heavy atom. The summed E-state index contributed by atoms with van der Waals surface area (Å²) in [6.07, 6.45) is 2.75. The van der Waals surface area contributed by atoms with Gasteiger partial charge in [-0.2, -0.15) is 13.8 Å². The van der Waals surface area contributed by atoms with E-state index in [0.29, 0.717) is 30.1 Å². The molecule has 0 atom stereocenters. The number of hydrogen-bond donors (Lipinski definition) is 1. The maximum Gasteiger partial charge on any atom is 0.387 e. The number of aromatic nitrogens is 2. The Labute approximate surface area is 186 Å². The summed E-state index contributed by atoms with van der Waals surface area (Å²) in [5.74, 6) is 0.307. The lowest BCUT2D eigenvalue weighted by Crippen LogP contribution is -2.37. The van der Waals surface area contributed by atoms with Crippen LogP contribution in [-0.2, 0) is 16.0 Å². The number of aryl methyl sites for hydroxylation is 2. The number of hydrogen-bond acceptors (Lipinski definition) is 8. The van der Waals surface area contributed by atoms with Crippen LogP contribution in [0.1, 0.15) is 30.1 Å². The van der Waals surface area contributed by atoms with E-state index in [4.69, 9.17) is 4.52 Å². The van der Waals surface area contributed by atoms with Crippen LogP contribution in [0.2, 0.25) is 0 Å². The van der Waals surface area contributed by atoms with Crippen molar-refractivity contribution in [2.75, 3.05) is 13.1 Å². The fourth-order valence-electron chi connectivity index (χ4n) is 2.83. The van der Waals surface area contributed by atoms with Crippen molar-refractivity contribution in [2.24, 2.45) is 0 Å². The molecule has 0 unspecified atom stereocenters. The van der Waals surface area contributed by atoms with E-state index in [-0.39, 0.29) is 36.1 Å². The Balaban J connectivity index is 1.44. The second kappa shape index (κ2) is 10.8. The van der Waals surface area contributed by atoms with Crippen LogP contribution in [0.5, 0.6) is 5.75 Å². The van der Waals surface area contributed by atoms with Gasteiger partial charge in [-0.3, -0.25) is 19.3 Å². The van der Waals surface area contributed by atoms with Gasteiger partial charge in [-0.05, 0) is 48.9 Å². The van der Waals surface area contributed by atoms with Gasteiger partial charge in [0.15, 0.2) is 5.82 Å². The lowest BCUT2D eigenvalue weighted by Gasteiger charge is -2.12. The summed E-state index contributed by atoms with van der Waals surface area (Å²) in [5, 5.41) is 5.90. The molecule has 0 bridgehead atoms. The molecule has 2 heterocycles. The molecule has 3 amide bonds. The molecule has 1 saturated heterocycles. The molecule has 0 saturated carbocycles. The molecule has 12 heteroatoms. The first-order valence-corrected chi connectivity index (χ1v) is 10.5. The van der Waals surface area contributed by atoms with Crippen LogP contribution < -0.4 is 10.1 Å². The summed E-state index contributed by atoms with van der Waals surface area (Å²) in [4.78, 5) is 41.9. The predicted molar refractivity (Wildman–Crippen MR) is 111 cm³/mol. The Hall–Kier alpha value is -3.28. The summed E-state index contributed by atoms with van der Waals surface area (Å²) in [6.45, 7) is -1.05. The molecule has 1 aliphatic heterocycles. The van der Waals surface area contributed by atoms with E-state index in [1.807, 2.05) is 0 Å². The van der Waals surface area contributed by atoms with Crippen molar-refractivity contribution in [3.63, 3.8) is 0 Å². The summed E-state index contributed by atoms with van der Waals surface area (Å²) in [6, 6.07) is 5.69. The third-order valence-corrected chi connectivity index (χ3v) is 5.21. The predicted octanol–water partition coefficient (Wildman–Crippen LogP) is 3.15. The quantitative estimate of drug-likeness (QED) is 0.531. The second-order valence-electron chi connectivity index (χ2n) is 6.72. The van der Waals surface area contributed by atoms with Crippen LogP contribution in [0, 0.1) is 6.92 Å². The fraction of sp³-hybridized carbons (Fsp3) is 0.350. The van der Waals surface area contributed by atoms with Gasteiger partial charge in [-0.1, -0.05) is 17.3 Å². The number of amides is 3. The third-order valence-electron chi connectivity index (χ3n) is 4.30. The summed E-state index contributed by atoms with van der Waals surface area (Å²) >= 11 is 0.775. The molecule has 0 aliphatic carbocycles. The van der Waals surface area contributed by atoms with E-state index in [1.54, 1.807) is 6.92 Å². The minimum absolute atomic E-state index is 0.00630. The minimum atomic E-state index is -2.92. The maximum absolute atomic E-state index is 12.5. The molecule has 1 aromatic heterocycles. The number of carbonyl (C=O) groups excluding carboxylic acids is 3. The topological polar surface area (TPSA) is 115 Å². The molecule has 1 aromatic carbocycles. The van der Waals surface area contributed by atoms with Gasteiger partial charge in [-0.15, -0.1) is 0 Å². The number of nitrogens with zero attached hydrogens (tertiary/aromatic N) is 3. The molecule has 1 N–H and O–H groups in total. The van der Waals surface area contributed by atoms with Gasteiger partial charge in [-0.25, -0.2) is 0 Å². The van der Waals surface area contributed by atoms with Crippen molar-refractivity contribution in [3.05, 3.63) is 46.4 Å². The second-order valence-corrected chi connectivity index (χ2v) is 7.71. The summed E-state index contributed by atoms with van der Waals surface area (Å²) < 4.78 is 33.7. The van der Waals surface area contributed by atoms with Gasteiger partial charge in [0.05, 0.1) is 4.91 Å². The highest BCUT2D eigenvalue weighted by Gasteiger charge is 2.34. The number of alkyl halides is 2. The Morgan fingerprint density at radius 1 is 1.31 bits per heavy atom. The highest BCUT2D eigenvalue weighted by Crippen LogP contribution is 2.32. The molecule has 3 rings (SSSR count). The first-order valence-electron chi connectivity index (χ1n) is 9.68. The third kappa shape index (κ3) is 6.61. The molecule has 9 nitrogen and oxygen atoms in total. The molecular formula is C20H20F2N4O5S. The summed E-state index contributed by atoms with van der Waals surface area (Å²) in [5.41, 5.74) is 0.557. The summed E-state index contributed by atoms with van der Waals surface area (Å²) in [7, 11) is 0. The van der Waals surface area contributed by atoms with Gasteiger partial charge in [0.1, 0.15) is 5.75 Å². The number of halogens is 2. The zero-order valence-corrected chi connectivity index (χ0v) is 17.9. The zero-order valence-electron chi connectivity index (χ0n) is 17.0. The van der Waals surface area contributed by atoms with Crippen LogP contribution in [0.4, 0.5) is 13.6 Å². The van der Waals surface area contributed by atoms with Crippen LogP contribution >= 0.6 is 11.8 Å². The average Bonchev–Trinajstić information content (AvgIpc) is 3.26. The molecule has 0 radical (unpaired) electrons. The number of imide groups is 1. The lowest BCUT2D eigenvalue weighted by molar-refractivity contribution is -0.124. The Bertz CT molecular complexity index is 1010. The normalized spacial score (nSPS) is 15.1. The van der Waals surface area contributed by atoms with Crippen molar-refractivity contribution in [2.45, 2.75) is 32.8 Å². The van der Waals surface area contributed by atoms with Crippen LogP contribution in [0.25, 0.3) is 6.08 Å². The zero-order chi connectivity index (χ0) is 23.1. The van der Waals surface area contributed by atoms with Crippen molar-refractivity contribution in [1.29, 1.82) is 0 Å². The molecular weight excluding hydrogens is 446 g/mol. The molecule has 0 spiro atoms. The molecule has 1 aliphatic rings. The van der Waals surface area contributed by atoms with E-state index in [9.17, 15) is 23.2 Å². The van der Waals surface area contributed by atoms with Gasteiger partial charge in [0.25, 0.3) is 11.1 Å². The first-order chi connectivity index (χ1) is 15.3. The van der Waals surface area contributed by atoms with Crippen molar-refractivity contribution in [1.82, 2.24) is 20.4 Å². The average molecular weight is 466 g/mol. The van der Waals surface area contributed by atoms with Gasteiger partial charge in [0, 0.05) is 25.9 Å². The molecule has 170 valence electrons. The molecule has 32 heavy (non-hydrogen) atoms. The maximum atomic E-state index is 12.5. The Kier molecular flexibility index (Phi) is 7.92. The number of benzene rings is 1. The van der Waals surface area contributed by atoms with Crippen molar-refractivity contribution in [3.8, 4) is 5.75 Å². The van der Waals surface area contributed by atoms with E-state index in [1.165, 1.54) is 30.3 Å². The van der Waals surface area contributed by atoms with Crippen molar-refractivity contribution >= 4 is 34.9 Å². The van der Waals surface area contributed by atoms with E-state index >= 15 is 0 Å². The number of ether oxygens (including phenoxy) is 1. The van der Waals surface area contributed by atoms with Crippen LogP contribution in [0.3, 0.4) is 0 Å². The van der Waals surface area contributed by atoms with Crippen LogP contribution in [0.15, 0.2) is 33.7 Å². The minimum Gasteiger partial charge on any atom is -0.435 e. The standard InChI is InChI=1S/C20H20F2N4O5S/c1-12-24-17(31-25-12)4-2-3-16(27)23-9-10-26-18(28)15(32-20(26)29)11-13-5-7-14(8-6-13)30-19(21)22/h5-8,11,19H,2-4,9-10H2,1H3,(H,23,27)/b15-11-. The SMILES string of the molecule is Cc1noc(CCCC(=O)NCCN2C(=O)S/C(=C\c3ccc(OC(F)F)cc3)C2=O)n1. The van der Waals surface area contributed by atoms with Gasteiger partial charge < -0.3 is 14.6 Å². The highest BCUT2D eigenvalue weighted by atomic mass is 32.2. The van der Waals surface area contributed by atoms with E-state index < -0.39 is 17.8 Å². The van der Waals surface area contributed by atoms with Gasteiger partial charge in [0.2, 0.25) is 11.8 Å². The number of nitrogens with one attached hydrogen (secondary N) is 1. The van der Waals surface area contributed by atoms with E-state index in [2.05, 4.69) is 20.2 Å². The number of carbonyl (C=O) groups is 3.